The van der Waals surface area contributed by atoms with Crippen molar-refractivity contribution in [1.82, 2.24) is 5.32 Å². The molecule has 3 aromatic rings. The van der Waals surface area contributed by atoms with E-state index in [1.807, 2.05) is 55.5 Å². The molecule has 184 valence electrons. The summed E-state index contributed by atoms with van der Waals surface area (Å²) in [7, 11) is 0. The Labute approximate surface area is 215 Å². The van der Waals surface area contributed by atoms with Crippen LogP contribution in [0.15, 0.2) is 89.6 Å². The van der Waals surface area contributed by atoms with Crippen LogP contribution in [0.5, 0.6) is 5.75 Å². The quantitative estimate of drug-likeness (QED) is 0.353. The Balaban J connectivity index is 1.39. The van der Waals surface area contributed by atoms with E-state index in [0.29, 0.717) is 34.4 Å². The molecule has 1 atom stereocenters. The van der Waals surface area contributed by atoms with Crippen LogP contribution < -0.4 is 10.1 Å². The van der Waals surface area contributed by atoms with E-state index >= 15 is 0 Å². The minimum atomic E-state index is -0.476. The number of carbonyl (C=O) groups is 3. The predicted molar refractivity (Wildman–Crippen MR) is 141 cm³/mol. The van der Waals surface area contributed by atoms with Gasteiger partial charge in [0.2, 0.25) is 0 Å². The largest absolute Gasteiger partial charge is 0.423 e. The standard InChI is InChI=1S/C32H27NO4/c1-18-7-6-8-20(15-18)31(36)37-21-13-11-19(12-14-21)26-27-24(16-32(2,3)17-25(27)34)33-29-22-9-4-5-10-23(22)30(35)28(26)29/h4-15,26,33H,16-17H2,1-3H3/t26-/m1/s1. The maximum absolute atomic E-state index is 13.6. The number of dihydropyridines is 1. The lowest BCUT2D eigenvalue weighted by atomic mass is 9.68. The number of hydrogen-bond acceptors (Lipinski definition) is 5. The number of allylic oxidation sites excluding steroid dienone is 3. The van der Waals surface area contributed by atoms with Crippen LogP contribution in [-0.4, -0.2) is 17.5 Å². The molecule has 1 N–H and O–H groups in total. The van der Waals surface area contributed by atoms with Crippen LogP contribution in [0.2, 0.25) is 0 Å². The lowest BCUT2D eigenvalue weighted by Crippen LogP contribution is -2.37. The molecule has 37 heavy (non-hydrogen) atoms. The Kier molecular flexibility index (Phi) is 5.27. The Bertz CT molecular complexity index is 1560. The van der Waals surface area contributed by atoms with Gasteiger partial charge in [0.15, 0.2) is 11.6 Å². The summed E-state index contributed by atoms with van der Waals surface area (Å²) in [6.45, 7) is 6.12. The first kappa shape index (κ1) is 23.2. The smallest absolute Gasteiger partial charge is 0.343 e. The second-order valence-electron chi connectivity index (χ2n) is 10.9. The Hall–Kier alpha value is -4.25. The van der Waals surface area contributed by atoms with Crippen LogP contribution in [0.4, 0.5) is 0 Å². The zero-order valence-electron chi connectivity index (χ0n) is 21.1. The van der Waals surface area contributed by atoms with Crippen molar-refractivity contribution in [3.05, 3.63) is 117 Å². The number of aryl methyl sites for hydroxylation is 1. The van der Waals surface area contributed by atoms with Crippen LogP contribution >= 0.6 is 0 Å². The highest BCUT2D eigenvalue weighted by Crippen LogP contribution is 2.51. The van der Waals surface area contributed by atoms with Gasteiger partial charge in [-0.15, -0.1) is 0 Å². The van der Waals surface area contributed by atoms with Crippen molar-refractivity contribution >= 4 is 23.2 Å². The van der Waals surface area contributed by atoms with Crippen molar-refractivity contribution in [2.45, 2.75) is 39.5 Å². The Morgan fingerprint density at radius 3 is 2.35 bits per heavy atom. The molecule has 0 saturated carbocycles. The number of carbonyl (C=O) groups excluding carboxylic acids is 3. The number of nitrogens with one attached hydrogen (secondary N) is 1. The molecule has 2 aliphatic carbocycles. The lowest BCUT2D eigenvalue weighted by molar-refractivity contribution is -0.118. The minimum absolute atomic E-state index is 0.0535. The van der Waals surface area contributed by atoms with Crippen molar-refractivity contribution in [2.24, 2.45) is 5.41 Å². The Morgan fingerprint density at radius 2 is 1.62 bits per heavy atom. The van der Waals surface area contributed by atoms with Crippen molar-refractivity contribution in [3.63, 3.8) is 0 Å². The lowest BCUT2D eigenvalue weighted by Gasteiger charge is -2.39. The van der Waals surface area contributed by atoms with E-state index in [1.165, 1.54) is 0 Å². The number of Topliss-reactive ketones (excluding diaryl/α,β-unsaturated/α-hetero) is 2. The zero-order chi connectivity index (χ0) is 25.9. The van der Waals surface area contributed by atoms with Gasteiger partial charge in [-0.3, -0.25) is 9.59 Å². The summed E-state index contributed by atoms with van der Waals surface area (Å²) in [5.41, 5.74) is 6.62. The molecule has 0 spiro atoms. The highest BCUT2D eigenvalue weighted by atomic mass is 16.5. The van der Waals surface area contributed by atoms with E-state index in [0.717, 1.165) is 34.5 Å². The van der Waals surface area contributed by atoms with Gasteiger partial charge in [0.25, 0.3) is 0 Å². The number of esters is 1. The van der Waals surface area contributed by atoms with Gasteiger partial charge in [-0.1, -0.05) is 67.9 Å². The van der Waals surface area contributed by atoms with Crippen LogP contribution in [0, 0.1) is 12.3 Å². The minimum Gasteiger partial charge on any atom is -0.423 e. The number of hydrogen-bond donors (Lipinski definition) is 1. The molecule has 0 fully saturated rings. The first-order chi connectivity index (χ1) is 17.7. The summed E-state index contributed by atoms with van der Waals surface area (Å²) in [5.74, 6) is -0.489. The number of ether oxygens (including phenoxy) is 1. The second-order valence-corrected chi connectivity index (χ2v) is 10.9. The maximum atomic E-state index is 13.6. The second kappa shape index (κ2) is 8.41. The molecule has 1 aliphatic heterocycles. The summed E-state index contributed by atoms with van der Waals surface area (Å²) in [6, 6.07) is 22.0. The normalized spacial score (nSPS) is 19.7. The van der Waals surface area contributed by atoms with Crippen molar-refractivity contribution < 1.29 is 19.1 Å². The summed E-state index contributed by atoms with van der Waals surface area (Å²) in [6.07, 6.45) is 1.16. The van der Waals surface area contributed by atoms with E-state index in [4.69, 9.17) is 4.74 Å². The third-order valence-electron chi connectivity index (χ3n) is 7.41. The van der Waals surface area contributed by atoms with Gasteiger partial charge in [-0.05, 0) is 48.6 Å². The molecule has 0 amide bonds. The molecule has 0 aromatic heterocycles. The Morgan fingerprint density at radius 1 is 0.892 bits per heavy atom. The number of ketones is 2. The molecular formula is C32H27NO4. The zero-order valence-corrected chi connectivity index (χ0v) is 21.1. The highest BCUT2D eigenvalue weighted by Gasteiger charge is 2.46. The molecule has 0 radical (unpaired) electrons. The van der Waals surface area contributed by atoms with Gasteiger partial charge in [0.1, 0.15) is 5.75 Å². The van der Waals surface area contributed by atoms with E-state index < -0.39 is 11.9 Å². The van der Waals surface area contributed by atoms with Gasteiger partial charge in [0.05, 0.1) is 11.3 Å². The van der Waals surface area contributed by atoms with Crippen LogP contribution in [0.1, 0.15) is 70.0 Å². The molecule has 3 aromatic carbocycles. The number of rotatable bonds is 3. The monoisotopic (exact) mass is 489 g/mol. The summed E-state index contributed by atoms with van der Waals surface area (Å²) < 4.78 is 5.60. The van der Waals surface area contributed by atoms with E-state index in [-0.39, 0.29) is 17.0 Å². The fourth-order valence-corrected chi connectivity index (χ4v) is 5.79. The van der Waals surface area contributed by atoms with E-state index in [2.05, 4.69) is 19.2 Å². The summed E-state index contributed by atoms with van der Waals surface area (Å²) >= 11 is 0. The molecule has 6 rings (SSSR count). The van der Waals surface area contributed by atoms with E-state index in [1.54, 1.807) is 24.3 Å². The van der Waals surface area contributed by atoms with Gasteiger partial charge >= 0.3 is 5.97 Å². The average Bonchev–Trinajstić information content (AvgIpc) is 3.14. The summed E-state index contributed by atoms with van der Waals surface area (Å²) in [4.78, 5) is 39.7. The SMILES string of the molecule is Cc1cccc(C(=O)Oc2ccc([C@@H]3C4=C(CC(C)(C)CC4=O)NC4=C3C(=O)c3ccccc34)cc2)c1. The molecule has 0 unspecified atom stereocenters. The molecule has 0 bridgehead atoms. The third kappa shape index (κ3) is 3.91. The van der Waals surface area contributed by atoms with Crippen LogP contribution in [-0.2, 0) is 4.79 Å². The average molecular weight is 490 g/mol. The van der Waals surface area contributed by atoms with Crippen LogP contribution in [0.25, 0.3) is 5.70 Å². The summed E-state index contributed by atoms with van der Waals surface area (Å²) in [5, 5.41) is 3.50. The van der Waals surface area contributed by atoms with Crippen molar-refractivity contribution in [3.8, 4) is 5.75 Å². The van der Waals surface area contributed by atoms with Gasteiger partial charge in [-0.25, -0.2) is 4.79 Å². The predicted octanol–water partition coefficient (Wildman–Crippen LogP) is 6.15. The topological polar surface area (TPSA) is 72.5 Å². The first-order valence-electron chi connectivity index (χ1n) is 12.5. The molecular weight excluding hydrogens is 462 g/mol. The fourth-order valence-electron chi connectivity index (χ4n) is 5.79. The van der Waals surface area contributed by atoms with Gasteiger partial charge in [0, 0.05) is 40.3 Å². The van der Waals surface area contributed by atoms with Crippen LogP contribution in [0.3, 0.4) is 0 Å². The van der Waals surface area contributed by atoms with Crippen molar-refractivity contribution in [1.29, 1.82) is 0 Å². The van der Waals surface area contributed by atoms with Crippen molar-refractivity contribution in [2.75, 3.05) is 0 Å². The molecule has 3 aliphatic rings. The maximum Gasteiger partial charge on any atom is 0.343 e. The first-order valence-corrected chi connectivity index (χ1v) is 12.5. The highest BCUT2D eigenvalue weighted by molar-refractivity contribution is 6.23. The number of benzene rings is 3. The molecule has 5 heteroatoms. The fraction of sp³-hybridized carbons (Fsp3) is 0.219. The number of fused-ring (bicyclic) bond motifs is 2. The molecule has 0 saturated heterocycles. The van der Waals surface area contributed by atoms with Gasteiger partial charge in [-0.2, -0.15) is 0 Å². The van der Waals surface area contributed by atoms with E-state index in [9.17, 15) is 14.4 Å². The molecule has 1 heterocycles. The third-order valence-corrected chi connectivity index (χ3v) is 7.41. The van der Waals surface area contributed by atoms with Gasteiger partial charge < -0.3 is 10.1 Å². The molecule has 5 nitrogen and oxygen atoms in total.